The minimum atomic E-state index is -0.701. The first-order chi connectivity index (χ1) is 23.2. The average molecular weight is 694 g/mol. The number of carbonyl (C=O) groups is 1. The number of nitrogens with one attached hydrogen (secondary N) is 1. The fourth-order valence-electron chi connectivity index (χ4n) is 6.23. The molecule has 48 heavy (non-hydrogen) atoms. The SMILES string of the molecule is COc1ccc([C@@H]2C(C(=O)Nc3ccccc3)=C(C)N=c3s/c(=C/c4c(C)n(Cc5ccc(Cl)cc5Cl)c5ccccc45)c(=O)n32)cc1. The molecule has 2 aromatic heterocycles. The van der Waals surface area contributed by atoms with Crippen LogP contribution in [0.15, 0.2) is 118 Å². The summed E-state index contributed by atoms with van der Waals surface area (Å²) in [7, 11) is 1.60. The molecule has 7 nitrogen and oxygen atoms in total. The van der Waals surface area contributed by atoms with E-state index in [0.717, 1.165) is 33.3 Å². The maximum absolute atomic E-state index is 14.4. The van der Waals surface area contributed by atoms with Crippen molar-refractivity contribution < 1.29 is 9.53 Å². The Kier molecular flexibility index (Phi) is 8.56. The van der Waals surface area contributed by atoms with Crippen LogP contribution in [0.3, 0.4) is 0 Å². The summed E-state index contributed by atoms with van der Waals surface area (Å²) in [6.07, 6.45) is 1.94. The van der Waals surface area contributed by atoms with Crippen molar-refractivity contribution in [2.75, 3.05) is 12.4 Å². The Bertz CT molecular complexity index is 2430. The monoisotopic (exact) mass is 692 g/mol. The summed E-state index contributed by atoms with van der Waals surface area (Å²) >= 11 is 14.1. The van der Waals surface area contributed by atoms with Crippen LogP contribution < -0.4 is 24.9 Å². The summed E-state index contributed by atoms with van der Waals surface area (Å²) < 4.78 is 9.74. The number of anilines is 1. The molecule has 0 aliphatic carbocycles. The first-order valence-electron chi connectivity index (χ1n) is 15.3. The number of benzene rings is 4. The smallest absolute Gasteiger partial charge is 0.271 e. The Morgan fingerprint density at radius 2 is 1.71 bits per heavy atom. The van der Waals surface area contributed by atoms with Gasteiger partial charge in [0.2, 0.25) is 0 Å². The van der Waals surface area contributed by atoms with Gasteiger partial charge in [0.1, 0.15) is 5.75 Å². The van der Waals surface area contributed by atoms with Crippen molar-refractivity contribution in [3.63, 3.8) is 0 Å². The van der Waals surface area contributed by atoms with E-state index in [1.807, 2.05) is 98.8 Å². The largest absolute Gasteiger partial charge is 0.497 e. The Morgan fingerprint density at radius 3 is 2.44 bits per heavy atom. The summed E-state index contributed by atoms with van der Waals surface area (Å²) in [4.78, 5) is 33.7. The van der Waals surface area contributed by atoms with Crippen LogP contribution in [0.1, 0.15) is 35.3 Å². The van der Waals surface area contributed by atoms with Gasteiger partial charge in [-0.25, -0.2) is 4.99 Å². The number of thiazole rings is 1. The molecule has 1 aliphatic rings. The Balaban J connectivity index is 1.38. The van der Waals surface area contributed by atoms with Crippen LogP contribution in [-0.4, -0.2) is 22.2 Å². The number of ether oxygens (including phenoxy) is 1. The molecule has 1 N–H and O–H groups in total. The molecule has 3 heterocycles. The van der Waals surface area contributed by atoms with Crippen molar-refractivity contribution >= 4 is 63.1 Å². The topological polar surface area (TPSA) is 77.6 Å². The van der Waals surface area contributed by atoms with Crippen LogP contribution in [0.25, 0.3) is 17.0 Å². The number of halogens is 2. The second-order valence-electron chi connectivity index (χ2n) is 11.5. The van der Waals surface area contributed by atoms with E-state index in [4.69, 9.17) is 32.9 Å². The maximum atomic E-state index is 14.4. The Hall–Kier alpha value is -4.89. The number of para-hydroxylation sites is 2. The maximum Gasteiger partial charge on any atom is 0.271 e. The van der Waals surface area contributed by atoms with Gasteiger partial charge in [-0.3, -0.25) is 14.2 Å². The number of amides is 1. The number of carbonyl (C=O) groups excluding carboxylic acids is 1. The third-order valence-corrected chi connectivity index (χ3v) is 10.2. The highest BCUT2D eigenvalue weighted by Crippen LogP contribution is 2.33. The van der Waals surface area contributed by atoms with E-state index in [1.54, 1.807) is 17.7 Å². The number of hydrogen-bond donors (Lipinski definition) is 1. The quantitative estimate of drug-likeness (QED) is 0.188. The van der Waals surface area contributed by atoms with Crippen molar-refractivity contribution in [2.45, 2.75) is 26.4 Å². The predicted molar refractivity (Wildman–Crippen MR) is 194 cm³/mol. The molecule has 10 heteroatoms. The number of hydrogen-bond acceptors (Lipinski definition) is 5. The number of aromatic nitrogens is 2. The third-order valence-electron chi connectivity index (χ3n) is 8.63. The molecule has 0 bridgehead atoms. The van der Waals surface area contributed by atoms with Gasteiger partial charge in [-0.05, 0) is 73.5 Å². The minimum Gasteiger partial charge on any atom is -0.497 e. The van der Waals surface area contributed by atoms with Crippen LogP contribution in [0.5, 0.6) is 5.75 Å². The predicted octanol–water partition coefficient (Wildman–Crippen LogP) is 7.50. The van der Waals surface area contributed by atoms with E-state index in [0.29, 0.717) is 48.6 Å². The molecular weight excluding hydrogens is 663 g/mol. The van der Waals surface area contributed by atoms with E-state index < -0.39 is 6.04 Å². The summed E-state index contributed by atoms with van der Waals surface area (Å²) in [5.74, 6) is 0.353. The molecule has 1 atom stereocenters. The first-order valence-corrected chi connectivity index (χ1v) is 16.9. The molecule has 0 radical (unpaired) electrons. The lowest BCUT2D eigenvalue weighted by Crippen LogP contribution is -2.40. The van der Waals surface area contributed by atoms with Gasteiger partial charge in [-0.2, -0.15) is 0 Å². The fourth-order valence-corrected chi connectivity index (χ4v) is 7.72. The van der Waals surface area contributed by atoms with E-state index >= 15 is 0 Å². The van der Waals surface area contributed by atoms with Crippen LogP contribution in [0.4, 0.5) is 5.69 Å². The number of allylic oxidation sites excluding steroid dienone is 1. The number of rotatable bonds is 7. The van der Waals surface area contributed by atoms with Crippen LogP contribution in [-0.2, 0) is 11.3 Å². The highest BCUT2D eigenvalue weighted by atomic mass is 35.5. The highest BCUT2D eigenvalue weighted by Gasteiger charge is 2.32. The zero-order chi connectivity index (χ0) is 33.5. The molecule has 1 aliphatic heterocycles. The lowest BCUT2D eigenvalue weighted by Gasteiger charge is -2.25. The van der Waals surface area contributed by atoms with Crippen molar-refractivity contribution in [1.29, 1.82) is 0 Å². The van der Waals surface area contributed by atoms with Gasteiger partial charge in [0.15, 0.2) is 4.80 Å². The zero-order valence-corrected chi connectivity index (χ0v) is 28.7. The number of methoxy groups -OCH3 is 1. The number of nitrogens with zero attached hydrogens (tertiary/aromatic N) is 3. The van der Waals surface area contributed by atoms with Crippen molar-refractivity contribution in [2.24, 2.45) is 4.99 Å². The van der Waals surface area contributed by atoms with Gasteiger partial charge in [-0.15, -0.1) is 0 Å². The van der Waals surface area contributed by atoms with Crippen LogP contribution in [0.2, 0.25) is 10.0 Å². The summed E-state index contributed by atoms with van der Waals surface area (Å²) in [6, 6.07) is 29.6. The van der Waals surface area contributed by atoms with E-state index in [1.165, 1.54) is 11.3 Å². The summed E-state index contributed by atoms with van der Waals surface area (Å²) in [6.45, 7) is 4.39. The summed E-state index contributed by atoms with van der Waals surface area (Å²) in [5, 5.41) is 5.18. The molecule has 0 saturated heterocycles. The lowest BCUT2D eigenvalue weighted by molar-refractivity contribution is -0.113. The molecule has 4 aromatic carbocycles. The van der Waals surface area contributed by atoms with Crippen LogP contribution in [0, 0.1) is 6.92 Å². The Labute approximate surface area is 290 Å². The van der Waals surface area contributed by atoms with Crippen molar-refractivity contribution in [3.8, 4) is 5.75 Å². The van der Waals surface area contributed by atoms with Gasteiger partial charge >= 0.3 is 0 Å². The third kappa shape index (κ3) is 5.76. The van der Waals surface area contributed by atoms with Gasteiger partial charge in [0, 0.05) is 44.4 Å². The standard InChI is InChI=1S/C38H30Cl2N4O3S/c1-22-34(36(45)42-27-9-5-4-6-10-27)35(24-14-17-28(47-3)18-15-24)44-37(46)33(48-38(44)41-22)20-30-23(2)43(32-12-8-7-11-29(30)32)21-25-13-16-26(39)19-31(25)40/h4-20,35H,21H2,1-3H3,(H,42,45)/b33-20+/t35-/m1/s1. The van der Waals surface area contributed by atoms with Gasteiger partial charge < -0.3 is 14.6 Å². The molecule has 240 valence electrons. The molecule has 0 saturated carbocycles. The van der Waals surface area contributed by atoms with Gasteiger partial charge in [0.05, 0.1) is 29.0 Å². The summed E-state index contributed by atoms with van der Waals surface area (Å²) in [5.41, 5.74) is 6.01. The van der Waals surface area contributed by atoms with E-state index in [-0.39, 0.29) is 11.5 Å². The number of fused-ring (bicyclic) bond motifs is 2. The first kappa shape index (κ1) is 31.7. The Morgan fingerprint density at radius 1 is 0.979 bits per heavy atom. The molecule has 1 amide bonds. The molecule has 6 aromatic rings. The molecule has 0 fully saturated rings. The van der Waals surface area contributed by atoms with Gasteiger partial charge in [0.25, 0.3) is 11.5 Å². The van der Waals surface area contributed by atoms with Crippen molar-refractivity contribution in [1.82, 2.24) is 9.13 Å². The molecule has 0 unspecified atom stereocenters. The van der Waals surface area contributed by atoms with E-state index in [9.17, 15) is 9.59 Å². The average Bonchev–Trinajstić information content (AvgIpc) is 3.53. The minimum absolute atomic E-state index is 0.228. The second-order valence-corrected chi connectivity index (χ2v) is 13.4. The fraction of sp³-hybridized carbons (Fsp3) is 0.132. The highest BCUT2D eigenvalue weighted by molar-refractivity contribution is 7.07. The second kappa shape index (κ2) is 13.0. The molecule has 0 spiro atoms. The van der Waals surface area contributed by atoms with E-state index in [2.05, 4.69) is 22.0 Å². The lowest BCUT2D eigenvalue weighted by atomic mass is 9.95. The molecular formula is C38H30Cl2N4O3S. The normalized spacial score (nSPS) is 14.6. The zero-order valence-electron chi connectivity index (χ0n) is 26.3. The molecule has 7 rings (SSSR count). The van der Waals surface area contributed by atoms with Crippen molar-refractivity contribution in [3.05, 3.63) is 160 Å². The van der Waals surface area contributed by atoms with Crippen LogP contribution >= 0.6 is 34.5 Å². The van der Waals surface area contributed by atoms with Gasteiger partial charge in [-0.1, -0.05) is 89.1 Å².